The smallest absolute Gasteiger partial charge is 0.123 e. The molecule has 1 rings (SSSR count). The summed E-state index contributed by atoms with van der Waals surface area (Å²) in [6, 6.07) is 5.85. The van der Waals surface area contributed by atoms with Crippen LogP contribution in [0.2, 0.25) is 0 Å². The molecule has 2 N–H and O–H groups in total. The number of pyridine rings is 1. The van der Waals surface area contributed by atoms with Crippen LogP contribution in [0.3, 0.4) is 0 Å². The second-order valence-corrected chi connectivity index (χ2v) is 3.53. The monoisotopic (exact) mass is 178 g/mol. The Morgan fingerprint density at radius 3 is 2.85 bits per heavy atom. The number of anilines is 1. The fourth-order valence-electron chi connectivity index (χ4n) is 1.40. The quantitative estimate of drug-likeness (QED) is 0.769. The highest BCUT2D eigenvalue weighted by atomic mass is 14.8. The summed E-state index contributed by atoms with van der Waals surface area (Å²) in [6.07, 6.45) is 3.71. The van der Waals surface area contributed by atoms with Crippen LogP contribution in [-0.4, -0.2) is 4.98 Å². The normalized spacial score (nSPS) is 12.8. The number of aromatic nitrogens is 1. The zero-order valence-corrected chi connectivity index (χ0v) is 8.46. The molecule has 1 aromatic rings. The van der Waals surface area contributed by atoms with Crippen molar-refractivity contribution in [3.63, 3.8) is 0 Å². The van der Waals surface area contributed by atoms with Crippen molar-refractivity contribution >= 4 is 5.82 Å². The van der Waals surface area contributed by atoms with Crippen molar-refractivity contribution in [3.05, 3.63) is 23.9 Å². The van der Waals surface area contributed by atoms with E-state index in [0.717, 1.165) is 5.69 Å². The maximum absolute atomic E-state index is 5.61. The standard InChI is InChI=1S/C11H18N2/c1-3-4-6-9(2)10-7-5-8-11(12)13-10/h5,7-9H,3-4,6H2,1-2H3,(H2,12,13). The van der Waals surface area contributed by atoms with Crippen LogP contribution in [-0.2, 0) is 0 Å². The molecule has 0 spiro atoms. The Labute approximate surface area is 80.2 Å². The van der Waals surface area contributed by atoms with Gasteiger partial charge in [0, 0.05) is 5.69 Å². The molecule has 0 amide bonds. The van der Waals surface area contributed by atoms with Crippen molar-refractivity contribution in [2.45, 2.75) is 39.0 Å². The van der Waals surface area contributed by atoms with Crippen LogP contribution in [0.4, 0.5) is 5.82 Å². The Balaban J connectivity index is 2.60. The lowest BCUT2D eigenvalue weighted by molar-refractivity contribution is 0.612. The van der Waals surface area contributed by atoms with Gasteiger partial charge >= 0.3 is 0 Å². The molecular formula is C11H18N2. The van der Waals surface area contributed by atoms with Gasteiger partial charge in [-0.3, -0.25) is 0 Å². The first-order valence-electron chi connectivity index (χ1n) is 4.96. The second-order valence-electron chi connectivity index (χ2n) is 3.53. The van der Waals surface area contributed by atoms with Gasteiger partial charge in [-0.2, -0.15) is 0 Å². The highest BCUT2D eigenvalue weighted by molar-refractivity contribution is 5.29. The summed E-state index contributed by atoms with van der Waals surface area (Å²) >= 11 is 0. The predicted octanol–water partition coefficient (Wildman–Crippen LogP) is 2.96. The van der Waals surface area contributed by atoms with Gasteiger partial charge in [-0.25, -0.2) is 4.98 Å². The number of nitrogens with zero attached hydrogens (tertiary/aromatic N) is 1. The molecule has 2 heteroatoms. The molecule has 1 unspecified atom stereocenters. The summed E-state index contributed by atoms with van der Waals surface area (Å²) in [5.41, 5.74) is 6.73. The molecule has 0 aromatic carbocycles. The van der Waals surface area contributed by atoms with E-state index in [-0.39, 0.29) is 0 Å². The van der Waals surface area contributed by atoms with Crippen LogP contribution in [0.1, 0.15) is 44.7 Å². The number of nitrogens with two attached hydrogens (primary N) is 1. The number of nitrogen functional groups attached to an aromatic ring is 1. The maximum atomic E-state index is 5.61. The second kappa shape index (κ2) is 4.85. The molecule has 0 saturated carbocycles. The van der Waals surface area contributed by atoms with Crippen molar-refractivity contribution in [3.8, 4) is 0 Å². The first-order valence-corrected chi connectivity index (χ1v) is 4.96. The van der Waals surface area contributed by atoms with E-state index >= 15 is 0 Å². The molecule has 0 fully saturated rings. The molecule has 13 heavy (non-hydrogen) atoms. The summed E-state index contributed by atoms with van der Waals surface area (Å²) in [6.45, 7) is 4.41. The van der Waals surface area contributed by atoms with E-state index < -0.39 is 0 Å². The molecule has 0 radical (unpaired) electrons. The average molecular weight is 178 g/mol. The minimum absolute atomic E-state index is 0.531. The number of rotatable bonds is 4. The minimum atomic E-state index is 0.531. The van der Waals surface area contributed by atoms with Gasteiger partial charge < -0.3 is 5.73 Å². The summed E-state index contributed by atoms with van der Waals surface area (Å²) in [7, 11) is 0. The van der Waals surface area contributed by atoms with E-state index in [4.69, 9.17) is 5.73 Å². The van der Waals surface area contributed by atoms with Gasteiger partial charge in [-0.05, 0) is 24.5 Å². The minimum Gasteiger partial charge on any atom is -0.384 e. The third-order valence-electron chi connectivity index (χ3n) is 2.29. The molecule has 0 saturated heterocycles. The van der Waals surface area contributed by atoms with Crippen LogP contribution in [0, 0.1) is 0 Å². The first kappa shape index (κ1) is 10.0. The zero-order chi connectivity index (χ0) is 9.68. The molecule has 0 aliphatic carbocycles. The molecule has 1 heterocycles. The van der Waals surface area contributed by atoms with Crippen LogP contribution in [0.5, 0.6) is 0 Å². The van der Waals surface area contributed by atoms with Gasteiger partial charge in [-0.1, -0.05) is 32.8 Å². The molecule has 1 atom stereocenters. The van der Waals surface area contributed by atoms with E-state index in [0.29, 0.717) is 11.7 Å². The maximum Gasteiger partial charge on any atom is 0.123 e. The lowest BCUT2D eigenvalue weighted by Gasteiger charge is -2.09. The lowest BCUT2D eigenvalue weighted by atomic mass is 10.0. The van der Waals surface area contributed by atoms with Crippen molar-refractivity contribution < 1.29 is 0 Å². The SMILES string of the molecule is CCCCC(C)c1cccc(N)n1. The van der Waals surface area contributed by atoms with Crippen LogP contribution in [0.15, 0.2) is 18.2 Å². The van der Waals surface area contributed by atoms with E-state index in [1.165, 1.54) is 19.3 Å². The fraction of sp³-hybridized carbons (Fsp3) is 0.545. The number of unbranched alkanes of at least 4 members (excludes halogenated alkanes) is 1. The molecule has 0 aliphatic heterocycles. The summed E-state index contributed by atoms with van der Waals surface area (Å²) < 4.78 is 0. The Kier molecular flexibility index (Phi) is 3.74. The third-order valence-corrected chi connectivity index (χ3v) is 2.29. The number of hydrogen-bond acceptors (Lipinski definition) is 2. The molecule has 0 aliphatic rings. The number of hydrogen-bond donors (Lipinski definition) is 1. The first-order chi connectivity index (χ1) is 6.24. The summed E-state index contributed by atoms with van der Waals surface area (Å²) in [5.74, 6) is 1.16. The average Bonchev–Trinajstić information content (AvgIpc) is 2.14. The molecule has 72 valence electrons. The van der Waals surface area contributed by atoms with Crippen LogP contribution in [0.25, 0.3) is 0 Å². The van der Waals surface area contributed by atoms with Gasteiger partial charge in [0.1, 0.15) is 5.82 Å². The van der Waals surface area contributed by atoms with E-state index in [9.17, 15) is 0 Å². The Morgan fingerprint density at radius 2 is 2.23 bits per heavy atom. The molecular weight excluding hydrogens is 160 g/mol. The molecule has 0 bridgehead atoms. The zero-order valence-electron chi connectivity index (χ0n) is 8.46. The van der Waals surface area contributed by atoms with E-state index in [2.05, 4.69) is 24.9 Å². The van der Waals surface area contributed by atoms with Crippen molar-refractivity contribution in [1.29, 1.82) is 0 Å². The Bertz CT molecular complexity index is 258. The molecule has 2 nitrogen and oxygen atoms in total. The van der Waals surface area contributed by atoms with Gasteiger partial charge in [0.2, 0.25) is 0 Å². The van der Waals surface area contributed by atoms with Crippen molar-refractivity contribution in [2.75, 3.05) is 5.73 Å². The van der Waals surface area contributed by atoms with E-state index in [1.807, 2.05) is 12.1 Å². The fourth-order valence-corrected chi connectivity index (χ4v) is 1.40. The topological polar surface area (TPSA) is 38.9 Å². The van der Waals surface area contributed by atoms with Crippen LogP contribution < -0.4 is 5.73 Å². The highest BCUT2D eigenvalue weighted by Gasteiger charge is 2.05. The predicted molar refractivity (Wildman–Crippen MR) is 56.6 cm³/mol. The highest BCUT2D eigenvalue weighted by Crippen LogP contribution is 2.19. The van der Waals surface area contributed by atoms with E-state index in [1.54, 1.807) is 0 Å². The van der Waals surface area contributed by atoms with Crippen molar-refractivity contribution in [2.24, 2.45) is 0 Å². The van der Waals surface area contributed by atoms with Gasteiger partial charge in [0.15, 0.2) is 0 Å². The Morgan fingerprint density at radius 1 is 1.46 bits per heavy atom. The van der Waals surface area contributed by atoms with Gasteiger partial charge in [0.25, 0.3) is 0 Å². The van der Waals surface area contributed by atoms with Crippen molar-refractivity contribution in [1.82, 2.24) is 4.98 Å². The lowest BCUT2D eigenvalue weighted by Crippen LogP contribution is -1.99. The van der Waals surface area contributed by atoms with Gasteiger partial charge in [0.05, 0.1) is 0 Å². The van der Waals surface area contributed by atoms with Crippen LogP contribution >= 0.6 is 0 Å². The summed E-state index contributed by atoms with van der Waals surface area (Å²) in [5, 5.41) is 0. The molecule has 1 aromatic heterocycles. The van der Waals surface area contributed by atoms with Gasteiger partial charge in [-0.15, -0.1) is 0 Å². The third kappa shape index (κ3) is 3.05. The summed E-state index contributed by atoms with van der Waals surface area (Å²) in [4.78, 5) is 4.30. The largest absolute Gasteiger partial charge is 0.384 e. The Hall–Kier alpha value is -1.05.